The Morgan fingerprint density at radius 3 is 2.32 bits per heavy atom. The van der Waals surface area contributed by atoms with Crippen LogP contribution < -0.4 is 5.32 Å². The molecule has 2 nitrogen and oxygen atoms in total. The summed E-state index contributed by atoms with van der Waals surface area (Å²) in [6, 6.07) is 2.55. The van der Waals surface area contributed by atoms with Crippen molar-refractivity contribution >= 4 is 0 Å². The molecule has 1 heterocycles. The average molecular weight is 264 g/mol. The van der Waals surface area contributed by atoms with Gasteiger partial charge in [-0.3, -0.25) is 4.90 Å². The lowest BCUT2D eigenvalue weighted by Gasteiger charge is -2.46. The van der Waals surface area contributed by atoms with Crippen molar-refractivity contribution in [2.45, 2.75) is 89.3 Å². The molecule has 19 heavy (non-hydrogen) atoms. The van der Waals surface area contributed by atoms with Gasteiger partial charge < -0.3 is 5.32 Å². The first kappa shape index (κ1) is 13.9. The zero-order valence-electron chi connectivity index (χ0n) is 12.7. The second-order valence-corrected chi connectivity index (χ2v) is 7.25. The van der Waals surface area contributed by atoms with E-state index in [-0.39, 0.29) is 0 Å². The fraction of sp³-hybridized carbons (Fsp3) is 1.00. The van der Waals surface area contributed by atoms with Crippen LogP contribution in [-0.4, -0.2) is 36.1 Å². The molecule has 0 radical (unpaired) electrons. The van der Waals surface area contributed by atoms with Crippen LogP contribution in [0, 0.1) is 5.92 Å². The van der Waals surface area contributed by atoms with Gasteiger partial charge in [0.15, 0.2) is 0 Å². The van der Waals surface area contributed by atoms with Crippen LogP contribution in [0.25, 0.3) is 0 Å². The largest absolute Gasteiger partial charge is 0.310 e. The minimum Gasteiger partial charge on any atom is -0.310 e. The van der Waals surface area contributed by atoms with Crippen LogP contribution in [0.3, 0.4) is 0 Å². The van der Waals surface area contributed by atoms with E-state index in [9.17, 15) is 0 Å². The number of hydrogen-bond donors (Lipinski definition) is 1. The molecule has 3 rings (SSSR count). The van der Waals surface area contributed by atoms with Crippen LogP contribution in [0.1, 0.15) is 71.1 Å². The fourth-order valence-corrected chi connectivity index (χ4v) is 4.31. The van der Waals surface area contributed by atoms with Crippen molar-refractivity contribution in [3.8, 4) is 0 Å². The highest BCUT2D eigenvalue weighted by Gasteiger charge is 2.33. The molecule has 1 aliphatic heterocycles. The minimum absolute atomic E-state index is 0.780. The van der Waals surface area contributed by atoms with Crippen LogP contribution in [-0.2, 0) is 0 Å². The van der Waals surface area contributed by atoms with Crippen molar-refractivity contribution in [3.63, 3.8) is 0 Å². The Bertz CT molecular complexity index is 266. The van der Waals surface area contributed by atoms with Gasteiger partial charge in [-0.1, -0.05) is 39.0 Å². The minimum atomic E-state index is 0.780. The van der Waals surface area contributed by atoms with E-state index in [1.807, 2.05) is 0 Å². The number of piperidine rings is 1. The molecule has 3 aliphatic rings. The highest BCUT2D eigenvalue weighted by molar-refractivity contribution is 4.91. The van der Waals surface area contributed by atoms with Crippen molar-refractivity contribution in [1.29, 1.82) is 0 Å². The molecule has 0 bridgehead atoms. The normalized spacial score (nSPS) is 35.2. The van der Waals surface area contributed by atoms with Gasteiger partial charge >= 0.3 is 0 Å². The van der Waals surface area contributed by atoms with Crippen molar-refractivity contribution in [2.75, 3.05) is 13.1 Å². The number of nitrogens with zero attached hydrogens (tertiary/aromatic N) is 1. The third kappa shape index (κ3) is 3.52. The van der Waals surface area contributed by atoms with Gasteiger partial charge in [-0.05, 0) is 38.0 Å². The van der Waals surface area contributed by atoms with Crippen molar-refractivity contribution in [3.05, 3.63) is 0 Å². The maximum atomic E-state index is 4.01. The molecule has 3 fully saturated rings. The number of hydrogen-bond acceptors (Lipinski definition) is 2. The first-order valence-corrected chi connectivity index (χ1v) is 8.85. The predicted octanol–water partition coefficient (Wildman–Crippen LogP) is 3.56. The lowest BCUT2D eigenvalue weighted by molar-refractivity contribution is 0.0533. The van der Waals surface area contributed by atoms with Crippen LogP contribution in [0.2, 0.25) is 0 Å². The van der Waals surface area contributed by atoms with Gasteiger partial charge in [-0.2, -0.15) is 0 Å². The average Bonchev–Trinajstić information content (AvgIpc) is 2.37. The van der Waals surface area contributed by atoms with E-state index in [2.05, 4.69) is 17.1 Å². The highest BCUT2D eigenvalue weighted by Crippen LogP contribution is 2.30. The molecular formula is C17H32N2. The van der Waals surface area contributed by atoms with E-state index in [1.165, 1.54) is 77.3 Å². The van der Waals surface area contributed by atoms with Crippen LogP contribution in [0.15, 0.2) is 0 Å². The summed E-state index contributed by atoms with van der Waals surface area (Å²) in [5.41, 5.74) is 0. The zero-order valence-corrected chi connectivity index (χ0v) is 12.7. The maximum Gasteiger partial charge on any atom is 0.0200 e. The van der Waals surface area contributed by atoms with Crippen molar-refractivity contribution in [2.24, 2.45) is 5.92 Å². The van der Waals surface area contributed by atoms with E-state index < -0.39 is 0 Å². The molecule has 0 aromatic carbocycles. The molecule has 1 N–H and O–H groups in total. The van der Waals surface area contributed by atoms with E-state index in [0.717, 1.165) is 24.0 Å². The molecule has 0 spiro atoms. The SMILES string of the molecule is CCC1CC(NC2CCCCC2)CN(C2CCC2)C1. The zero-order chi connectivity index (χ0) is 13.1. The van der Waals surface area contributed by atoms with Gasteiger partial charge in [0.2, 0.25) is 0 Å². The van der Waals surface area contributed by atoms with Gasteiger partial charge in [0.05, 0.1) is 0 Å². The number of nitrogens with one attached hydrogen (secondary N) is 1. The Labute approximate surface area is 119 Å². The van der Waals surface area contributed by atoms with Crippen molar-refractivity contribution < 1.29 is 0 Å². The summed E-state index contributed by atoms with van der Waals surface area (Å²) in [6.07, 6.45) is 14.4. The summed E-state index contributed by atoms with van der Waals surface area (Å²) in [5.74, 6) is 0.940. The van der Waals surface area contributed by atoms with Gasteiger partial charge in [0, 0.05) is 31.2 Å². The fourth-order valence-electron chi connectivity index (χ4n) is 4.31. The quantitative estimate of drug-likeness (QED) is 0.835. The van der Waals surface area contributed by atoms with Gasteiger partial charge in [-0.15, -0.1) is 0 Å². The molecule has 0 aromatic rings. The number of likely N-dealkylation sites (tertiary alicyclic amines) is 1. The second kappa shape index (κ2) is 6.58. The number of rotatable bonds is 4. The summed E-state index contributed by atoms with van der Waals surface area (Å²) in [7, 11) is 0. The first-order valence-electron chi connectivity index (χ1n) is 8.85. The standard InChI is InChI=1S/C17H32N2/c1-2-14-11-16(18-15-7-4-3-5-8-15)13-19(12-14)17-9-6-10-17/h14-18H,2-13H2,1H3. The van der Waals surface area contributed by atoms with E-state index in [0.29, 0.717) is 0 Å². The summed E-state index contributed by atoms with van der Waals surface area (Å²) in [4.78, 5) is 2.82. The molecule has 2 atom stereocenters. The second-order valence-electron chi connectivity index (χ2n) is 7.25. The lowest BCUT2D eigenvalue weighted by Crippen LogP contribution is -2.56. The van der Waals surface area contributed by atoms with E-state index >= 15 is 0 Å². The Kier molecular flexibility index (Phi) is 4.81. The smallest absolute Gasteiger partial charge is 0.0200 e. The van der Waals surface area contributed by atoms with E-state index in [1.54, 1.807) is 0 Å². The molecule has 0 amide bonds. The van der Waals surface area contributed by atoms with Gasteiger partial charge in [0.1, 0.15) is 0 Å². The lowest BCUT2D eigenvalue weighted by atomic mass is 9.85. The van der Waals surface area contributed by atoms with Gasteiger partial charge in [0.25, 0.3) is 0 Å². The molecular weight excluding hydrogens is 232 g/mol. The third-order valence-electron chi connectivity index (χ3n) is 5.81. The van der Waals surface area contributed by atoms with Crippen LogP contribution >= 0.6 is 0 Å². The Balaban J connectivity index is 1.53. The summed E-state index contributed by atoms with van der Waals surface area (Å²) >= 11 is 0. The Hall–Kier alpha value is -0.0800. The van der Waals surface area contributed by atoms with Crippen molar-refractivity contribution in [1.82, 2.24) is 10.2 Å². The summed E-state index contributed by atoms with van der Waals surface area (Å²) in [6.45, 7) is 5.09. The predicted molar refractivity (Wildman–Crippen MR) is 81.4 cm³/mol. The molecule has 110 valence electrons. The molecule has 2 heteroatoms. The molecule has 2 aliphatic carbocycles. The Morgan fingerprint density at radius 1 is 0.895 bits per heavy atom. The monoisotopic (exact) mass is 264 g/mol. The summed E-state index contributed by atoms with van der Waals surface area (Å²) in [5, 5.41) is 4.01. The van der Waals surface area contributed by atoms with Crippen LogP contribution in [0.5, 0.6) is 0 Å². The Morgan fingerprint density at radius 2 is 1.68 bits per heavy atom. The first-order chi connectivity index (χ1) is 9.35. The van der Waals surface area contributed by atoms with E-state index in [4.69, 9.17) is 0 Å². The topological polar surface area (TPSA) is 15.3 Å². The molecule has 1 saturated heterocycles. The maximum absolute atomic E-state index is 4.01. The molecule has 0 aromatic heterocycles. The third-order valence-corrected chi connectivity index (χ3v) is 5.81. The molecule has 2 saturated carbocycles. The highest BCUT2D eigenvalue weighted by atomic mass is 15.2. The van der Waals surface area contributed by atoms with Crippen LogP contribution in [0.4, 0.5) is 0 Å². The molecule has 2 unspecified atom stereocenters. The summed E-state index contributed by atoms with van der Waals surface area (Å²) < 4.78 is 0. The van der Waals surface area contributed by atoms with Gasteiger partial charge in [-0.25, -0.2) is 0 Å².